The molecular formula is C40H45BrN6O6. The Kier molecular flexibility index (Phi) is 11.5. The first-order valence-corrected chi connectivity index (χ1v) is 19.3. The minimum absolute atomic E-state index is 0.118. The normalized spacial score (nSPS) is 17.1. The van der Waals surface area contributed by atoms with E-state index >= 15 is 0 Å². The van der Waals surface area contributed by atoms with E-state index in [1.165, 1.54) is 6.07 Å². The van der Waals surface area contributed by atoms with Crippen molar-refractivity contribution in [1.29, 1.82) is 0 Å². The van der Waals surface area contributed by atoms with Crippen LogP contribution in [0.15, 0.2) is 93.2 Å². The van der Waals surface area contributed by atoms with Crippen LogP contribution in [0, 0.1) is 0 Å². The van der Waals surface area contributed by atoms with E-state index in [9.17, 15) is 19.2 Å². The van der Waals surface area contributed by atoms with Crippen molar-refractivity contribution >= 4 is 27.7 Å². The van der Waals surface area contributed by atoms with Gasteiger partial charge in [0, 0.05) is 44.6 Å². The third kappa shape index (κ3) is 8.14. The smallest absolute Gasteiger partial charge is 0.277 e. The molecule has 0 aliphatic carbocycles. The van der Waals surface area contributed by atoms with Crippen LogP contribution in [0.4, 0.5) is 0 Å². The first-order valence-electron chi connectivity index (χ1n) is 18.5. The molecule has 2 saturated heterocycles. The first kappa shape index (κ1) is 36.3. The molecule has 0 radical (unpaired) electrons. The Morgan fingerprint density at radius 2 is 1.02 bits per heavy atom. The van der Waals surface area contributed by atoms with Gasteiger partial charge in [-0.3, -0.25) is 38.5 Å². The number of hydrogen-bond acceptors (Lipinski definition) is 8. The standard InChI is InChI=1S/C20H22BrN3O3.C20H23N3O3/c21-16-12-24-17(19(18(16)25)27-13-15-8-4-3-5-9-15)20(26)22-10-6-1-2-7-11-23(24)14-22;24-17-10-13-23-18(19(17)26-14-16-8-4-3-5-9-16)20(25)21-11-6-1-2-7-12-22(23)15-21/h3-5,8-9,12H,1-2,6-7,10-11,13-14H2;3-5,8-10,13H,1-2,6-7,11-12,14-15H2. The number of ether oxygens (including phenoxy) is 2. The van der Waals surface area contributed by atoms with E-state index in [0.29, 0.717) is 35.7 Å². The monoisotopic (exact) mass is 784 g/mol. The van der Waals surface area contributed by atoms with Crippen molar-refractivity contribution in [3.63, 3.8) is 0 Å². The van der Waals surface area contributed by atoms with E-state index in [2.05, 4.69) is 25.9 Å². The molecule has 4 aliphatic rings. The minimum atomic E-state index is -0.290. The van der Waals surface area contributed by atoms with Gasteiger partial charge in [-0.1, -0.05) is 86.3 Å². The molecule has 0 saturated carbocycles. The molecule has 278 valence electrons. The maximum atomic E-state index is 13.1. The zero-order valence-corrected chi connectivity index (χ0v) is 31.4. The van der Waals surface area contributed by atoms with E-state index in [-0.39, 0.29) is 47.4 Å². The average Bonchev–Trinajstić information content (AvgIpc) is 3.36. The number of nitrogens with zero attached hydrogens (tertiary/aromatic N) is 6. The van der Waals surface area contributed by atoms with Gasteiger partial charge in [-0.15, -0.1) is 0 Å². The Bertz CT molecular complexity index is 2040. The topological polar surface area (TPSA) is 110 Å². The number of rotatable bonds is 6. The molecular weight excluding hydrogens is 740 g/mol. The molecule has 0 atom stereocenters. The molecule has 0 spiro atoms. The van der Waals surface area contributed by atoms with E-state index in [0.717, 1.165) is 82.1 Å². The Labute approximate surface area is 317 Å². The second-order valence-electron chi connectivity index (χ2n) is 13.8. The van der Waals surface area contributed by atoms with Gasteiger partial charge >= 0.3 is 0 Å². The largest absolute Gasteiger partial charge is 0.482 e. The average molecular weight is 786 g/mol. The Hall–Kier alpha value is -5.04. The van der Waals surface area contributed by atoms with Crippen molar-refractivity contribution in [2.75, 3.05) is 49.5 Å². The van der Waals surface area contributed by atoms with Gasteiger partial charge in [0.25, 0.3) is 11.8 Å². The lowest BCUT2D eigenvalue weighted by Gasteiger charge is -2.39. The summed E-state index contributed by atoms with van der Waals surface area (Å²) in [5.74, 6) is 0.00667. The zero-order valence-electron chi connectivity index (χ0n) is 29.8. The van der Waals surface area contributed by atoms with Crippen molar-refractivity contribution in [2.24, 2.45) is 0 Å². The summed E-state index contributed by atoms with van der Waals surface area (Å²) in [6, 6.07) is 20.8. The second-order valence-corrected chi connectivity index (χ2v) is 14.6. The van der Waals surface area contributed by atoms with Gasteiger partial charge in [0.2, 0.25) is 10.9 Å². The van der Waals surface area contributed by atoms with Gasteiger partial charge in [0.05, 0.1) is 4.47 Å². The van der Waals surface area contributed by atoms with Crippen molar-refractivity contribution < 1.29 is 19.1 Å². The van der Waals surface area contributed by atoms with Gasteiger partial charge in [-0.25, -0.2) is 0 Å². The molecule has 6 heterocycles. The lowest BCUT2D eigenvalue weighted by molar-refractivity contribution is 0.0678. The highest BCUT2D eigenvalue weighted by Gasteiger charge is 2.35. The molecule has 0 N–H and O–H groups in total. The van der Waals surface area contributed by atoms with Crippen molar-refractivity contribution in [2.45, 2.75) is 64.6 Å². The van der Waals surface area contributed by atoms with Gasteiger partial charge in [-0.2, -0.15) is 0 Å². The van der Waals surface area contributed by atoms with Crippen molar-refractivity contribution in [1.82, 2.24) is 19.2 Å². The fourth-order valence-corrected chi connectivity index (χ4v) is 7.58. The molecule has 4 aliphatic heterocycles. The van der Waals surface area contributed by atoms with Crippen LogP contribution in [0.3, 0.4) is 0 Å². The first-order chi connectivity index (χ1) is 25.9. The van der Waals surface area contributed by atoms with Crippen molar-refractivity contribution in [3.05, 3.63) is 127 Å². The Balaban J connectivity index is 0.000000164. The molecule has 2 fully saturated rings. The number of carbonyl (C=O) groups is 2. The SMILES string of the molecule is O=C1c2c(OCc3ccccc3)c(=O)c(Br)cn2N2CCCCCCN1C2.O=C1c2c(OCc3ccccc3)c(=O)ccn2N2CCCCCCN1C2. The van der Waals surface area contributed by atoms with E-state index < -0.39 is 0 Å². The summed E-state index contributed by atoms with van der Waals surface area (Å²) in [5.41, 5.74) is 2.04. The van der Waals surface area contributed by atoms with Gasteiger partial charge in [-0.05, 0) is 52.7 Å². The fourth-order valence-electron chi connectivity index (χ4n) is 7.20. The maximum Gasteiger partial charge on any atom is 0.277 e. The Morgan fingerprint density at radius 3 is 1.57 bits per heavy atom. The number of halogens is 1. The van der Waals surface area contributed by atoms with Crippen LogP contribution in [0.2, 0.25) is 0 Å². The summed E-state index contributed by atoms with van der Waals surface area (Å²) in [6.07, 6.45) is 12.1. The molecule has 2 aromatic heterocycles. The predicted molar refractivity (Wildman–Crippen MR) is 206 cm³/mol. The maximum absolute atomic E-state index is 13.1. The fraction of sp³-hybridized carbons (Fsp3) is 0.400. The molecule has 13 heteroatoms. The molecule has 0 unspecified atom stereocenters. The molecule has 4 bridgehead atoms. The zero-order chi connectivity index (χ0) is 36.7. The summed E-state index contributed by atoms with van der Waals surface area (Å²) in [4.78, 5) is 55.1. The molecule has 2 amide bonds. The number of hydrogen-bond donors (Lipinski definition) is 0. The number of aromatic nitrogens is 2. The third-order valence-corrected chi connectivity index (χ3v) is 10.6. The van der Waals surface area contributed by atoms with Crippen LogP contribution in [0.1, 0.15) is 83.5 Å². The van der Waals surface area contributed by atoms with E-state index in [1.807, 2.05) is 75.1 Å². The number of pyridine rings is 2. The van der Waals surface area contributed by atoms with Gasteiger partial charge in [0.15, 0.2) is 22.9 Å². The molecule has 53 heavy (non-hydrogen) atoms. The lowest BCUT2D eigenvalue weighted by Crippen LogP contribution is -2.54. The van der Waals surface area contributed by atoms with Crippen molar-refractivity contribution in [3.8, 4) is 11.5 Å². The Morgan fingerprint density at radius 1 is 0.547 bits per heavy atom. The third-order valence-electron chi connectivity index (χ3n) is 10.0. The number of carbonyl (C=O) groups excluding carboxylic acids is 2. The summed E-state index contributed by atoms with van der Waals surface area (Å²) in [7, 11) is 0. The van der Waals surface area contributed by atoms with E-state index in [1.54, 1.807) is 17.1 Å². The van der Waals surface area contributed by atoms with Crippen LogP contribution in [0.5, 0.6) is 11.5 Å². The summed E-state index contributed by atoms with van der Waals surface area (Å²) >= 11 is 3.35. The quantitative estimate of drug-likeness (QED) is 0.254. The highest BCUT2D eigenvalue weighted by atomic mass is 79.9. The van der Waals surface area contributed by atoms with Crippen LogP contribution < -0.4 is 30.3 Å². The predicted octanol–water partition coefficient (Wildman–Crippen LogP) is 5.47. The van der Waals surface area contributed by atoms with Gasteiger partial charge in [0.1, 0.15) is 26.6 Å². The summed E-state index contributed by atoms with van der Waals surface area (Å²) < 4.78 is 15.8. The number of benzene rings is 2. The molecule has 4 aromatic rings. The molecule has 2 aromatic carbocycles. The molecule has 12 nitrogen and oxygen atoms in total. The van der Waals surface area contributed by atoms with Crippen LogP contribution in [0.25, 0.3) is 0 Å². The van der Waals surface area contributed by atoms with Crippen LogP contribution in [-0.4, -0.2) is 70.5 Å². The lowest BCUT2D eigenvalue weighted by atomic mass is 10.2. The van der Waals surface area contributed by atoms with Gasteiger partial charge < -0.3 is 19.3 Å². The minimum Gasteiger partial charge on any atom is -0.482 e. The van der Waals surface area contributed by atoms with E-state index in [4.69, 9.17) is 9.47 Å². The second kappa shape index (κ2) is 16.7. The number of fused-ring (bicyclic) bond motifs is 8. The van der Waals surface area contributed by atoms with Crippen LogP contribution >= 0.6 is 15.9 Å². The summed E-state index contributed by atoms with van der Waals surface area (Å²) in [6.45, 7) is 4.73. The highest BCUT2D eigenvalue weighted by Crippen LogP contribution is 2.27. The summed E-state index contributed by atoms with van der Waals surface area (Å²) in [5, 5.41) is 4.23. The number of amides is 2. The highest BCUT2D eigenvalue weighted by molar-refractivity contribution is 9.10. The van der Waals surface area contributed by atoms with Crippen LogP contribution in [-0.2, 0) is 13.2 Å². The molecule has 8 rings (SSSR count).